The summed E-state index contributed by atoms with van der Waals surface area (Å²) >= 11 is 0. The molecule has 15 heavy (non-hydrogen) atoms. The topological polar surface area (TPSA) is 34.4 Å². The summed E-state index contributed by atoms with van der Waals surface area (Å²) in [5, 5.41) is 0. The maximum Gasteiger partial charge on any atom is 0.168 e. The highest BCUT2D eigenvalue weighted by molar-refractivity contribution is 5.77. The van der Waals surface area contributed by atoms with Gasteiger partial charge in [-0.05, 0) is 37.5 Å². The van der Waals surface area contributed by atoms with Crippen LogP contribution in [0.2, 0.25) is 0 Å². The summed E-state index contributed by atoms with van der Waals surface area (Å²) in [6, 6.07) is 4.01. The van der Waals surface area contributed by atoms with E-state index in [2.05, 4.69) is 4.98 Å². The Kier molecular flexibility index (Phi) is 1.69. The monoisotopic (exact) mass is 200 g/mol. The molecule has 0 unspecified atom stereocenters. The summed E-state index contributed by atoms with van der Waals surface area (Å²) in [6.07, 6.45) is 5.18. The van der Waals surface area contributed by atoms with Crippen molar-refractivity contribution in [2.24, 2.45) is 0 Å². The maximum atomic E-state index is 11.1. The molecule has 0 spiro atoms. The third-order valence-electron chi connectivity index (χ3n) is 2.92. The van der Waals surface area contributed by atoms with E-state index in [1.165, 1.54) is 18.4 Å². The minimum Gasteiger partial charge on any atom is -0.297 e. The van der Waals surface area contributed by atoms with Crippen molar-refractivity contribution in [2.45, 2.75) is 25.7 Å². The van der Waals surface area contributed by atoms with Crippen molar-refractivity contribution in [3.63, 3.8) is 0 Å². The van der Waals surface area contributed by atoms with Gasteiger partial charge in [-0.2, -0.15) is 0 Å². The number of pyridine rings is 1. The Morgan fingerprint density at radius 1 is 1.53 bits per heavy atom. The molecule has 2 aromatic rings. The fourth-order valence-corrected chi connectivity index (χ4v) is 1.96. The van der Waals surface area contributed by atoms with Crippen molar-refractivity contribution in [3.8, 4) is 0 Å². The van der Waals surface area contributed by atoms with Crippen molar-refractivity contribution in [2.75, 3.05) is 0 Å². The van der Waals surface area contributed by atoms with Crippen LogP contribution < -0.4 is 0 Å². The Hall–Kier alpha value is -1.64. The van der Waals surface area contributed by atoms with Gasteiger partial charge in [-0.25, -0.2) is 4.98 Å². The van der Waals surface area contributed by atoms with E-state index in [1.54, 1.807) is 0 Å². The van der Waals surface area contributed by atoms with E-state index in [-0.39, 0.29) is 0 Å². The lowest BCUT2D eigenvalue weighted by Gasteiger charge is -1.96. The van der Waals surface area contributed by atoms with Crippen molar-refractivity contribution in [1.82, 2.24) is 9.38 Å². The average Bonchev–Trinajstić information content (AvgIpc) is 2.99. The SMILES string of the molecule is Cc1ccn2c(C=O)c(C3CC3)nc2c1. The zero-order chi connectivity index (χ0) is 10.4. The first kappa shape index (κ1) is 8.65. The highest BCUT2D eigenvalue weighted by Crippen LogP contribution is 2.40. The number of imidazole rings is 1. The fraction of sp³-hybridized carbons (Fsp3) is 0.333. The number of nitrogens with zero attached hydrogens (tertiary/aromatic N) is 2. The molecule has 1 fully saturated rings. The molecule has 0 radical (unpaired) electrons. The molecule has 0 N–H and O–H groups in total. The first-order valence-corrected chi connectivity index (χ1v) is 5.23. The number of aryl methyl sites for hydroxylation is 1. The van der Waals surface area contributed by atoms with Gasteiger partial charge in [0, 0.05) is 12.1 Å². The van der Waals surface area contributed by atoms with Crippen LogP contribution in [0.4, 0.5) is 0 Å². The molecule has 0 aromatic carbocycles. The van der Waals surface area contributed by atoms with Crippen LogP contribution >= 0.6 is 0 Å². The van der Waals surface area contributed by atoms with Gasteiger partial charge in [0.05, 0.1) is 5.69 Å². The molecule has 3 rings (SSSR count). The first-order chi connectivity index (χ1) is 7.29. The second-order valence-electron chi connectivity index (χ2n) is 4.21. The first-order valence-electron chi connectivity index (χ1n) is 5.23. The van der Waals surface area contributed by atoms with Gasteiger partial charge in [0.1, 0.15) is 11.3 Å². The molecule has 2 aromatic heterocycles. The van der Waals surface area contributed by atoms with Gasteiger partial charge < -0.3 is 0 Å². The van der Waals surface area contributed by atoms with Crippen LogP contribution in [0.3, 0.4) is 0 Å². The van der Waals surface area contributed by atoms with E-state index in [0.717, 1.165) is 23.3 Å². The van der Waals surface area contributed by atoms with Gasteiger partial charge in [0.25, 0.3) is 0 Å². The Bertz CT molecular complexity index is 538. The van der Waals surface area contributed by atoms with Crippen LogP contribution in [0.1, 0.15) is 40.5 Å². The summed E-state index contributed by atoms with van der Waals surface area (Å²) in [6.45, 7) is 2.03. The number of hydrogen-bond donors (Lipinski definition) is 0. The van der Waals surface area contributed by atoms with Crippen molar-refractivity contribution in [1.29, 1.82) is 0 Å². The van der Waals surface area contributed by atoms with E-state index < -0.39 is 0 Å². The largest absolute Gasteiger partial charge is 0.297 e. The molecular weight excluding hydrogens is 188 g/mol. The van der Waals surface area contributed by atoms with Gasteiger partial charge in [-0.1, -0.05) is 0 Å². The lowest BCUT2D eigenvalue weighted by atomic mass is 10.2. The summed E-state index contributed by atoms with van der Waals surface area (Å²) in [7, 11) is 0. The number of rotatable bonds is 2. The second-order valence-corrected chi connectivity index (χ2v) is 4.21. The third-order valence-corrected chi connectivity index (χ3v) is 2.92. The van der Waals surface area contributed by atoms with Crippen molar-refractivity contribution in [3.05, 3.63) is 35.3 Å². The highest BCUT2D eigenvalue weighted by Gasteiger charge is 2.29. The number of carbonyl (C=O) groups is 1. The zero-order valence-electron chi connectivity index (χ0n) is 8.60. The molecule has 0 amide bonds. The number of aromatic nitrogens is 2. The lowest BCUT2D eigenvalue weighted by molar-refractivity contribution is 0.111. The van der Waals surface area contributed by atoms with Gasteiger partial charge in [-0.15, -0.1) is 0 Å². The standard InChI is InChI=1S/C12H12N2O/c1-8-4-5-14-10(7-15)12(9-2-3-9)13-11(14)6-8/h4-7,9H,2-3H2,1H3. The molecule has 3 nitrogen and oxygen atoms in total. The van der Waals surface area contributed by atoms with E-state index in [0.29, 0.717) is 5.92 Å². The van der Waals surface area contributed by atoms with E-state index in [4.69, 9.17) is 0 Å². The van der Waals surface area contributed by atoms with Gasteiger partial charge in [-0.3, -0.25) is 9.20 Å². The van der Waals surface area contributed by atoms with E-state index >= 15 is 0 Å². The highest BCUT2D eigenvalue weighted by atomic mass is 16.1. The predicted octanol–water partition coefficient (Wildman–Crippen LogP) is 2.33. The second kappa shape index (κ2) is 2.92. The summed E-state index contributed by atoms with van der Waals surface area (Å²) < 4.78 is 1.88. The molecule has 1 saturated carbocycles. The number of carbonyl (C=O) groups excluding carboxylic acids is 1. The summed E-state index contributed by atoms with van der Waals surface area (Å²) in [5.74, 6) is 0.519. The third kappa shape index (κ3) is 1.27. The Morgan fingerprint density at radius 2 is 2.33 bits per heavy atom. The maximum absolute atomic E-state index is 11.1. The average molecular weight is 200 g/mol. The van der Waals surface area contributed by atoms with E-state index in [1.807, 2.05) is 29.7 Å². The van der Waals surface area contributed by atoms with Gasteiger partial charge >= 0.3 is 0 Å². The zero-order valence-corrected chi connectivity index (χ0v) is 8.60. The molecule has 76 valence electrons. The molecule has 1 aliphatic rings. The lowest BCUT2D eigenvalue weighted by Crippen LogP contribution is -1.93. The van der Waals surface area contributed by atoms with Gasteiger partial charge in [0.15, 0.2) is 6.29 Å². The number of hydrogen-bond acceptors (Lipinski definition) is 2. The minimum atomic E-state index is 0.519. The molecule has 1 aliphatic carbocycles. The van der Waals surface area contributed by atoms with Crippen LogP contribution in [-0.4, -0.2) is 15.7 Å². The van der Waals surface area contributed by atoms with Crippen molar-refractivity contribution >= 4 is 11.9 Å². The van der Waals surface area contributed by atoms with Gasteiger partial charge in [0.2, 0.25) is 0 Å². The molecule has 3 heteroatoms. The van der Waals surface area contributed by atoms with E-state index in [9.17, 15) is 4.79 Å². The predicted molar refractivity (Wildman–Crippen MR) is 57.3 cm³/mol. The molecule has 0 aliphatic heterocycles. The fourth-order valence-electron chi connectivity index (χ4n) is 1.96. The number of fused-ring (bicyclic) bond motifs is 1. The smallest absolute Gasteiger partial charge is 0.168 e. The van der Waals surface area contributed by atoms with Crippen molar-refractivity contribution < 1.29 is 4.79 Å². The minimum absolute atomic E-state index is 0.519. The Balaban J connectivity index is 2.31. The normalized spacial score (nSPS) is 15.8. The van der Waals surface area contributed by atoms with Crippen LogP contribution in [0.25, 0.3) is 5.65 Å². The Morgan fingerprint density at radius 3 is 3.00 bits per heavy atom. The van der Waals surface area contributed by atoms with Crippen LogP contribution in [0.5, 0.6) is 0 Å². The molecule has 0 bridgehead atoms. The van der Waals surface area contributed by atoms with Crippen LogP contribution in [0, 0.1) is 6.92 Å². The molecular formula is C12H12N2O. The molecule has 0 saturated heterocycles. The molecule has 0 atom stereocenters. The summed E-state index contributed by atoms with van der Waals surface area (Å²) in [5.41, 5.74) is 3.77. The number of aldehydes is 1. The summed E-state index contributed by atoms with van der Waals surface area (Å²) in [4.78, 5) is 15.6. The van der Waals surface area contributed by atoms with Crippen LogP contribution in [0.15, 0.2) is 18.3 Å². The van der Waals surface area contributed by atoms with Crippen LogP contribution in [-0.2, 0) is 0 Å². The Labute approximate surface area is 87.7 Å². The molecule has 2 heterocycles. The quantitative estimate of drug-likeness (QED) is 0.697.